The highest BCUT2D eigenvalue weighted by Gasteiger charge is 2.22. The third-order valence-corrected chi connectivity index (χ3v) is 3.67. The number of nitrogens with two attached hydrogens (primary N) is 1. The lowest BCUT2D eigenvalue weighted by molar-refractivity contribution is 0.0740. The quantitative estimate of drug-likeness (QED) is 0.921. The van der Waals surface area contributed by atoms with E-state index in [1.165, 1.54) is 0 Å². The van der Waals surface area contributed by atoms with E-state index in [1.54, 1.807) is 22.8 Å². The van der Waals surface area contributed by atoms with Crippen molar-refractivity contribution in [3.63, 3.8) is 0 Å². The number of hydrogen-bond acceptors (Lipinski definition) is 4. The number of aryl methyl sites for hydroxylation is 2. The summed E-state index contributed by atoms with van der Waals surface area (Å²) in [5, 5.41) is 5.23. The van der Waals surface area contributed by atoms with Crippen molar-refractivity contribution in [2.45, 2.75) is 20.8 Å². The molecule has 1 amide bonds. The minimum Gasteiger partial charge on any atom is -0.341 e. The molecule has 0 atom stereocenters. The summed E-state index contributed by atoms with van der Waals surface area (Å²) < 4.78 is 1.72. The topological polar surface area (TPSA) is 77.0 Å². The van der Waals surface area contributed by atoms with Gasteiger partial charge in [-0.2, -0.15) is 5.10 Å². The monoisotopic (exact) mass is 289 g/mol. The highest BCUT2D eigenvalue weighted by atomic mass is 16.2. The van der Waals surface area contributed by atoms with Crippen LogP contribution < -0.4 is 5.73 Å². The van der Waals surface area contributed by atoms with Crippen LogP contribution in [0.3, 0.4) is 0 Å². The predicted octanol–water partition coefficient (Wildman–Crippen LogP) is 1.33. The van der Waals surface area contributed by atoms with Crippen LogP contribution in [-0.2, 0) is 7.05 Å². The molecule has 0 aliphatic rings. The summed E-state index contributed by atoms with van der Waals surface area (Å²) in [6, 6.07) is 1.86. The van der Waals surface area contributed by atoms with Gasteiger partial charge in [-0.15, -0.1) is 0 Å². The largest absolute Gasteiger partial charge is 0.341 e. The van der Waals surface area contributed by atoms with Crippen molar-refractivity contribution < 1.29 is 4.79 Å². The van der Waals surface area contributed by atoms with Crippen molar-refractivity contribution in [2.24, 2.45) is 18.2 Å². The molecule has 114 valence electrons. The molecule has 0 bridgehead atoms. The highest BCUT2D eigenvalue weighted by molar-refractivity contribution is 5.97. The lowest BCUT2D eigenvalue weighted by Crippen LogP contribution is -2.39. The van der Waals surface area contributed by atoms with Crippen LogP contribution >= 0.6 is 0 Å². The van der Waals surface area contributed by atoms with E-state index in [2.05, 4.69) is 10.1 Å². The van der Waals surface area contributed by atoms with Crippen molar-refractivity contribution in [2.75, 3.05) is 20.1 Å². The van der Waals surface area contributed by atoms with Crippen molar-refractivity contribution in [3.8, 4) is 0 Å². The van der Waals surface area contributed by atoms with Crippen LogP contribution in [0.15, 0.2) is 12.3 Å². The van der Waals surface area contributed by atoms with Gasteiger partial charge in [-0.05, 0) is 24.9 Å². The molecule has 0 saturated heterocycles. The van der Waals surface area contributed by atoms with Gasteiger partial charge in [0.25, 0.3) is 5.91 Å². The first kappa shape index (κ1) is 15.4. The number of rotatable bonds is 4. The Balaban J connectivity index is 2.29. The molecule has 0 spiro atoms. The summed E-state index contributed by atoms with van der Waals surface area (Å²) in [6.45, 7) is 7.14. The molecule has 6 nitrogen and oxygen atoms in total. The third kappa shape index (κ3) is 3.05. The van der Waals surface area contributed by atoms with Gasteiger partial charge >= 0.3 is 0 Å². The second-order valence-electron chi connectivity index (χ2n) is 6.33. The van der Waals surface area contributed by atoms with E-state index in [0.29, 0.717) is 18.7 Å². The van der Waals surface area contributed by atoms with E-state index in [4.69, 9.17) is 5.73 Å². The lowest BCUT2D eigenvalue weighted by Gasteiger charge is -2.29. The van der Waals surface area contributed by atoms with Gasteiger partial charge < -0.3 is 10.6 Å². The Labute approximate surface area is 124 Å². The van der Waals surface area contributed by atoms with Crippen molar-refractivity contribution in [1.82, 2.24) is 19.7 Å². The number of amides is 1. The maximum absolute atomic E-state index is 12.5. The molecule has 0 aromatic carbocycles. The van der Waals surface area contributed by atoms with Crippen molar-refractivity contribution in [1.29, 1.82) is 0 Å². The van der Waals surface area contributed by atoms with E-state index in [9.17, 15) is 4.79 Å². The SMILES string of the molecule is Cc1nn(C)c2ncc(C(=O)N(C)CC(C)(C)CN)cc12. The number of pyridine rings is 1. The average molecular weight is 289 g/mol. The van der Waals surface area contributed by atoms with Gasteiger partial charge in [0.1, 0.15) is 0 Å². The minimum atomic E-state index is -0.105. The number of hydrogen-bond donors (Lipinski definition) is 1. The fourth-order valence-corrected chi connectivity index (χ4v) is 2.42. The summed E-state index contributed by atoms with van der Waals surface area (Å²) in [6.07, 6.45) is 1.61. The Morgan fingerprint density at radius 2 is 2.14 bits per heavy atom. The Morgan fingerprint density at radius 1 is 1.48 bits per heavy atom. The number of carbonyl (C=O) groups excluding carboxylic acids is 1. The van der Waals surface area contributed by atoms with Gasteiger partial charge in [0.05, 0.1) is 11.3 Å². The fourth-order valence-electron chi connectivity index (χ4n) is 2.42. The minimum absolute atomic E-state index is 0.0471. The average Bonchev–Trinajstić information content (AvgIpc) is 2.72. The summed E-state index contributed by atoms with van der Waals surface area (Å²) in [5.41, 5.74) is 7.86. The van der Waals surface area contributed by atoms with Gasteiger partial charge in [0.15, 0.2) is 5.65 Å². The van der Waals surface area contributed by atoms with E-state index < -0.39 is 0 Å². The van der Waals surface area contributed by atoms with E-state index in [0.717, 1.165) is 16.7 Å². The maximum atomic E-state index is 12.5. The first-order valence-corrected chi connectivity index (χ1v) is 7.00. The number of aromatic nitrogens is 3. The standard InChI is InChI=1S/C15H23N5O/c1-10-12-6-11(7-17-13(12)20(5)18-10)14(21)19(4)9-15(2,3)8-16/h6-7H,8-9,16H2,1-5H3. The molecule has 2 heterocycles. The zero-order valence-corrected chi connectivity index (χ0v) is 13.3. The van der Waals surface area contributed by atoms with Crippen LogP contribution in [0, 0.1) is 12.3 Å². The number of carbonyl (C=O) groups is 1. The molecule has 0 fully saturated rings. The second kappa shape index (κ2) is 5.44. The van der Waals surface area contributed by atoms with Gasteiger partial charge in [0.2, 0.25) is 0 Å². The maximum Gasteiger partial charge on any atom is 0.255 e. The molecule has 0 radical (unpaired) electrons. The van der Waals surface area contributed by atoms with Gasteiger partial charge in [-0.1, -0.05) is 13.8 Å². The number of fused-ring (bicyclic) bond motifs is 1. The van der Waals surface area contributed by atoms with E-state index in [1.807, 2.05) is 33.9 Å². The molecule has 2 rings (SSSR count). The Bertz CT molecular complexity index is 674. The van der Waals surface area contributed by atoms with Crippen LogP contribution in [0.2, 0.25) is 0 Å². The highest BCUT2D eigenvalue weighted by Crippen LogP contribution is 2.19. The Morgan fingerprint density at radius 3 is 2.76 bits per heavy atom. The summed E-state index contributed by atoms with van der Waals surface area (Å²) in [5.74, 6) is -0.0471. The van der Waals surface area contributed by atoms with Gasteiger partial charge in [-0.25, -0.2) is 4.98 Å². The molecular weight excluding hydrogens is 266 g/mol. The predicted molar refractivity (Wildman–Crippen MR) is 83.0 cm³/mol. The molecule has 6 heteroatoms. The van der Waals surface area contributed by atoms with Crippen LogP contribution in [0.1, 0.15) is 29.9 Å². The molecule has 2 N–H and O–H groups in total. The van der Waals surface area contributed by atoms with E-state index in [-0.39, 0.29) is 11.3 Å². The van der Waals surface area contributed by atoms with Crippen LogP contribution in [0.4, 0.5) is 0 Å². The van der Waals surface area contributed by atoms with Gasteiger partial charge in [-0.3, -0.25) is 9.48 Å². The Kier molecular flexibility index (Phi) is 4.00. The third-order valence-electron chi connectivity index (χ3n) is 3.67. The molecule has 0 saturated carbocycles. The normalized spacial score (nSPS) is 11.9. The van der Waals surface area contributed by atoms with Crippen molar-refractivity contribution >= 4 is 16.9 Å². The fraction of sp³-hybridized carbons (Fsp3) is 0.533. The van der Waals surface area contributed by atoms with Crippen molar-refractivity contribution in [3.05, 3.63) is 23.5 Å². The summed E-state index contributed by atoms with van der Waals surface area (Å²) >= 11 is 0. The zero-order valence-electron chi connectivity index (χ0n) is 13.3. The molecule has 0 aliphatic heterocycles. The van der Waals surface area contributed by atoms with Crippen LogP contribution in [0.5, 0.6) is 0 Å². The molecule has 2 aromatic rings. The first-order chi connectivity index (χ1) is 9.75. The van der Waals surface area contributed by atoms with Crippen LogP contribution in [0.25, 0.3) is 11.0 Å². The smallest absolute Gasteiger partial charge is 0.255 e. The molecule has 2 aromatic heterocycles. The zero-order chi connectivity index (χ0) is 15.8. The lowest BCUT2D eigenvalue weighted by atomic mass is 9.93. The summed E-state index contributed by atoms with van der Waals surface area (Å²) in [7, 11) is 3.64. The van der Waals surface area contributed by atoms with Gasteiger partial charge in [0, 0.05) is 32.2 Å². The van der Waals surface area contributed by atoms with E-state index >= 15 is 0 Å². The second-order valence-corrected chi connectivity index (χ2v) is 6.33. The summed E-state index contributed by atoms with van der Waals surface area (Å²) in [4.78, 5) is 18.6. The number of nitrogens with zero attached hydrogens (tertiary/aromatic N) is 4. The first-order valence-electron chi connectivity index (χ1n) is 7.00. The van der Waals surface area contributed by atoms with Crippen LogP contribution in [-0.4, -0.2) is 45.7 Å². The molecule has 21 heavy (non-hydrogen) atoms. The molecule has 0 unspecified atom stereocenters. The Hall–Kier alpha value is -1.95. The molecule has 0 aliphatic carbocycles. The molecular formula is C15H23N5O.